The SMILES string of the molecule is N[C@@H]1CCC[C@H]1C(=O)N1CCO[C@@H](c2ccccc2Cl)C1. The fourth-order valence-corrected chi connectivity index (χ4v) is 3.56. The number of morpholine rings is 1. The van der Waals surface area contributed by atoms with Crippen molar-refractivity contribution >= 4 is 17.5 Å². The van der Waals surface area contributed by atoms with Crippen LogP contribution in [0.2, 0.25) is 5.02 Å². The van der Waals surface area contributed by atoms with Gasteiger partial charge in [0.15, 0.2) is 0 Å². The molecular weight excluding hydrogens is 288 g/mol. The Labute approximate surface area is 130 Å². The molecule has 5 heteroatoms. The molecule has 3 atom stereocenters. The topological polar surface area (TPSA) is 55.6 Å². The Hall–Kier alpha value is -1.10. The van der Waals surface area contributed by atoms with E-state index in [0.717, 1.165) is 24.8 Å². The molecule has 3 rings (SSSR count). The van der Waals surface area contributed by atoms with Gasteiger partial charge in [0.2, 0.25) is 5.91 Å². The number of hydrogen-bond acceptors (Lipinski definition) is 3. The number of ether oxygens (including phenoxy) is 1. The summed E-state index contributed by atoms with van der Waals surface area (Å²) in [5.74, 6) is 0.162. The zero-order valence-electron chi connectivity index (χ0n) is 12.0. The normalized spacial score (nSPS) is 29.6. The number of amides is 1. The maximum atomic E-state index is 12.6. The lowest BCUT2D eigenvalue weighted by Crippen LogP contribution is -2.47. The van der Waals surface area contributed by atoms with Crippen LogP contribution in [0.3, 0.4) is 0 Å². The number of halogens is 1. The molecule has 1 saturated heterocycles. The Morgan fingerprint density at radius 3 is 2.86 bits per heavy atom. The van der Waals surface area contributed by atoms with Gasteiger partial charge < -0.3 is 15.4 Å². The van der Waals surface area contributed by atoms with Crippen molar-refractivity contribution < 1.29 is 9.53 Å². The molecule has 21 heavy (non-hydrogen) atoms. The highest BCUT2D eigenvalue weighted by molar-refractivity contribution is 6.31. The molecule has 1 aliphatic carbocycles. The second-order valence-electron chi connectivity index (χ2n) is 5.87. The van der Waals surface area contributed by atoms with Crippen LogP contribution in [0.4, 0.5) is 0 Å². The summed E-state index contributed by atoms with van der Waals surface area (Å²) in [7, 11) is 0. The monoisotopic (exact) mass is 308 g/mol. The van der Waals surface area contributed by atoms with Crippen LogP contribution in [0.5, 0.6) is 0 Å². The summed E-state index contributed by atoms with van der Waals surface area (Å²) in [5, 5.41) is 0.689. The first-order valence-corrected chi connectivity index (χ1v) is 7.95. The molecule has 0 aromatic heterocycles. The van der Waals surface area contributed by atoms with Gasteiger partial charge in [-0.1, -0.05) is 36.2 Å². The van der Waals surface area contributed by atoms with Gasteiger partial charge >= 0.3 is 0 Å². The van der Waals surface area contributed by atoms with Gasteiger partial charge in [0, 0.05) is 23.2 Å². The molecule has 0 unspecified atom stereocenters. The third-order valence-corrected chi connectivity index (χ3v) is 4.86. The maximum Gasteiger partial charge on any atom is 0.227 e. The number of carbonyl (C=O) groups is 1. The zero-order valence-corrected chi connectivity index (χ0v) is 12.8. The highest BCUT2D eigenvalue weighted by Crippen LogP contribution is 2.31. The van der Waals surface area contributed by atoms with Gasteiger partial charge in [-0.25, -0.2) is 0 Å². The van der Waals surface area contributed by atoms with Crippen LogP contribution in [-0.2, 0) is 9.53 Å². The Bertz CT molecular complexity index is 523. The van der Waals surface area contributed by atoms with Gasteiger partial charge in [-0.3, -0.25) is 4.79 Å². The molecule has 0 spiro atoms. The zero-order chi connectivity index (χ0) is 14.8. The molecule has 2 fully saturated rings. The molecule has 114 valence electrons. The van der Waals surface area contributed by atoms with Crippen molar-refractivity contribution in [3.05, 3.63) is 34.9 Å². The van der Waals surface area contributed by atoms with Crippen molar-refractivity contribution in [2.24, 2.45) is 11.7 Å². The number of hydrogen-bond donors (Lipinski definition) is 1. The molecule has 0 radical (unpaired) electrons. The third kappa shape index (κ3) is 3.07. The van der Waals surface area contributed by atoms with E-state index in [4.69, 9.17) is 22.1 Å². The molecule has 4 nitrogen and oxygen atoms in total. The lowest BCUT2D eigenvalue weighted by molar-refractivity contribution is -0.143. The molecule has 1 amide bonds. The van der Waals surface area contributed by atoms with Gasteiger partial charge in [0.05, 0.1) is 19.1 Å². The van der Waals surface area contributed by atoms with Crippen molar-refractivity contribution in [2.75, 3.05) is 19.7 Å². The number of carbonyl (C=O) groups excluding carboxylic acids is 1. The second kappa shape index (κ2) is 6.34. The number of benzene rings is 1. The maximum absolute atomic E-state index is 12.6. The molecule has 2 N–H and O–H groups in total. The summed E-state index contributed by atoms with van der Waals surface area (Å²) in [6, 6.07) is 7.67. The summed E-state index contributed by atoms with van der Waals surface area (Å²) in [6.45, 7) is 1.75. The molecule has 1 aliphatic heterocycles. The number of nitrogens with zero attached hydrogens (tertiary/aromatic N) is 1. The fourth-order valence-electron chi connectivity index (χ4n) is 3.30. The van der Waals surface area contributed by atoms with E-state index in [-0.39, 0.29) is 24.0 Å². The summed E-state index contributed by atoms with van der Waals surface area (Å²) in [4.78, 5) is 14.5. The number of nitrogens with two attached hydrogens (primary N) is 1. The lowest BCUT2D eigenvalue weighted by Gasteiger charge is -2.35. The Kier molecular flexibility index (Phi) is 4.48. The fraction of sp³-hybridized carbons (Fsp3) is 0.562. The van der Waals surface area contributed by atoms with Crippen LogP contribution in [0.25, 0.3) is 0 Å². The van der Waals surface area contributed by atoms with E-state index in [1.165, 1.54) is 0 Å². The minimum absolute atomic E-state index is 0.0131. The predicted octanol–water partition coefficient (Wildman–Crippen LogP) is 2.37. The van der Waals surface area contributed by atoms with E-state index < -0.39 is 0 Å². The summed E-state index contributed by atoms with van der Waals surface area (Å²) in [5.41, 5.74) is 7.01. The molecular formula is C16H21ClN2O2. The first-order valence-electron chi connectivity index (χ1n) is 7.57. The minimum Gasteiger partial charge on any atom is -0.370 e. The Balaban J connectivity index is 1.71. The van der Waals surface area contributed by atoms with Crippen LogP contribution < -0.4 is 5.73 Å². The molecule has 2 aliphatic rings. The quantitative estimate of drug-likeness (QED) is 0.912. The predicted molar refractivity (Wildman–Crippen MR) is 82.0 cm³/mol. The van der Waals surface area contributed by atoms with Crippen molar-refractivity contribution in [1.82, 2.24) is 4.90 Å². The van der Waals surface area contributed by atoms with Crippen molar-refractivity contribution in [2.45, 2.75) is 31.4 Å². The van der Waals surface area contributed by atoms with E-state index in [1.54, 1.807) is 0 Å². The first kappa shape index (κ1) is 14.8. The van der Waals surface area contributed by atoms with Gasteiger partial charge in [0.25, 0.3) is 0 Å². The lowest BCUT2D eigenvalue weighted by atomic mass is 10.0. The van der Waals surface area contributed by atoms with E-state index in [1.807, 2.05) is 29.2 Å². The Morgan fingerprint density at radius 2 is 2.14 bits per heavy atom. The highest BCUT2D eigenvalue weighted by atomic mass is 35.5. The van der Waals surface area contributed by atoms with Crippen LogP contribution in [0, 0.1) is 5.92 Å². The smallest absolute Gasteiger partial charge is 0.227 e. The average molecular weight is 309 g/mol. The summed E-state index contributed by atoms with van der Waals surface area (Å²) in [6.07, 6.45) is 2.77. The Morgan fingerprint density at radius 1 is 1.33 bits per heavy atom. The molecule has 1 aromatic carbocycles. The second-order valence-corrected chi connectivity index (χ2v) is 6.27. The van der Waals surface area contributed by atoms with Crippen molar-refractivity contribution in [3.63, 3.8) is 0 Å². The number of rotatable bonds is 2. The van der Waals surface area contributed by atoms with Crippen molar-refractivity contribution in [1.29, 1.82) is 0 Å². The van der Waals surface area contributed by atoms with E-state index >= 15 is 0 Å². The highest BCUT2D eigenvalue weighted by Gasteiger charge is 2.35. The van der Waals surface area contributed by atoms with Gasteiger partial charge in [-0.15, -0.1) is 0 Å². The first-order chi connectivity index (χ1) is 10.2. The molecule has 1 saturated carbocycles. The average Bonchev–Trinajstić information content (AvgIpc) is 2.93. The third-order valence-electron chi connectivity index (χ3n) is 4.52. The minimum atomic E-state index is -0.144. The molecule has 1 heterocycles. The molecule has 0 bridgehead atoms. The van der Waals surface area contributed by atoms with Gasteiger partial charge in [0.1, 0.15) is 6.10 Å². The van der Waals surface area contributed by atoms with Crippen LogP contribution in [-0.4, -0.2) is 36.5 Å². The van der Waals surface area contributed by atoms with Gasteiger partial charge in [-0.05, 0) is 18.9 Å². The van der Waals surface area contributed by atoms with Gasteiger partial charge in [-0.2, -0.15) is 0 Å². The van der Waals surface area contributed by atoms with E-state index in [0.29, 0.717) is 24.7 Å². The van der Waals surface area contributed by atoms with Crippen molar-refractivity contribution in [3.8, 4) is 0 Å². The summed E-state index contributed by atoms with van der Waals surface area (Å²) >= 11 is 6.23. The van der Waals surface area contributed by atoms with Crippen LogP contribution in [0.15, 0.2) is 24.3 Å². The standard InChI is InChI=1S/C16H21ClN2O2/c17-13-6-2-1-4-11(13)15-10-19(8-9-21-15)16(20)12-5-3-7-14(12)18/h1-2,4,6,12,14-15H,3,5,7-10,18H2/t12-,14-,15-/m1/s1. The van der Waals surface area contributed by atoms with E-state index in [9.17, 15) is 4.79 Å². The molecule has 1 aromatic rings. The largest absolute Gasteiger partial charge is 0.370 e. The van der Waals surface area contributed by atoms with Crippen LogP contribution in [0.1, 0.15) is 30.9 Å². The van der Waals surface area contributed by atoms with E-state index in [2.05, 4.69) is 0 Å². The van der Waals surface area contributed by atoms with Crippen LogP contribution >= 0.6 is 11.6 Å². The summed E-state index contributed by atoms with van der Waals surface area (Å²) < 4.78 is 5.81.